The van der Waals surface area contributed by atoms with Gasteiger partial charge in [0.25, 0.3) is 0 Å². The second kappa shape index (κ2) is 15.7. The van der Waals surface area contributed by atoms with Gasteiger partial charge in [-0.1, -0.05) is 160 Å². The lowest BCUT2D eigenvalue weighted by Gasteiger charge is -2.32. The molecule has 0 bridgehead atoms. The van der Waals surface area contributed by atoms with E-state index in [1.807, 2.05) is 12.1 Å². The topological polar surface area (TPSA) is 80.9 Å². The summed E-state index contributed by atoms with van der Waals surface area (Å²) in [6, 6.07) is 16.8. The van der Waals surface area contributed by atoms with E-state index in [0.29, 0.717) is 37.9 Å². The zero-order valence-electron chi connectivity index (χ0n) is 40.3. The Balaban J connectivity index is 2.69. The Morgan fingerprint density at radius 2 is 0.559 bits per heavy atom. The standard InChI is InChI=1S/C51H75BrO4Si3/c1-48(2,3)30-22-34(44(53)38(52)26-30)42(35-23-31(49(4,5)6)27-39(45(35)54)57(13,14)15)43(36-24-32(50(7,8)9)28-40(46(36)55)58(16,17)18)37-25-33(51(10,11)12)29-41(47(37)56)59(19,20)21/h22-29,53-56H,1-21H3. The molecule has 0 amide bonds. The van der Waals surface area contributed by atoms with Gasteiger partial charge < -0.3 is 20.4 Å². The molecule has 4 nitrogen and oxygen atoms in total. The zero-order chi connectivity index (χ0) is 45.5. The highest BCUT2D eigenvalue weighted by molar-refractivity contribution is 9.10. The monoisotopic (exact) mass is 914 g/mol. The Bertz CT molecular complexity index is 2220. The molecule has 4 N–H and O–H groups in total. The zero-order valence-corrected chi connectivity index (χ0v) is 44.9. The number of hydrogen-bond acceptors (Lipinski definition) is 4. The third kappa shape index (κ3) is 10.2. The number of phenolic OH excluding ortho intramolecular Hbond substituents is 4. The van der Waals surface area contributed by atoms with Gasteiger partial charge in [0.1, 0.15) is 23.0 Å². The Hall–Kier alpha value is -3.05. The molecule has 4 aromatic rings. The summed E-state index contributed by atoms with van der Waals surface area (Å²) in [7, 11) is -6.65. The summed E-state index contributed by atoms with van der Waals surface area (Å²) < 4.78 is 0.527. The van der Waals surface area contributed by atoms with E-state index in [0.717, 1.165) is 37.8 Å². The minimum atomic E-state index is -2.22. The molecule has 8 heteroatoms. The number of aromatic hydroxyl groups is 4. The van der Waals surface area contributed by atoms with E-state index >= 15 is 0 Å². The van der Waals surface area contributed by atoms with Gasteiger partial charge in [-0.05, 0) is 106 Å². The van der Waals surface area contributed by atoms with E-state index < -0.39 is 24.2 Å². The third-order valence-electron chi connectivity index (χ3n) is 11.6. The van der Waals surface area contributed by atoms with E-state index in [9.17, 15) is 20.4 Å². The van der Waals surface area contributed by atoms with Crippen LogP contribution in [0.25, 0.3) is 11.1 Å². The molecule has 322 valence electrons. The summed E-state index contributed by atoms with van der Waals surface area (Å²) in [5.74, 6) is 0.522. The van der Waals surface area contributed by atoms with Crippen LogP contribution >= 0.6 is 15.9 Å². The summed E-state index contributed by atoms with van der Waals surface area (Å²) in [4.78, 5) is 0. The average Bonchev–Trinajstić information content (AvgIpc) is 3.02. The predicted octanol–water partition coefficient (Wildman–Crippen LogP) is 13.1. The lowest BCUT2D eigenvalue weighted by Crippen LogP contribution is -2.40. The fourth-order valence-corrected chi connectivity index (χ4v) is 12.3. The van der Waals surface area contributed by atoms with Crippen molar-refractivity contribution in [3.05, 3.63) is 97.5 Å². The van der Waals surface area contributed by atoms with Gasteiger partial charge in [0, 0.05) is 33.4 Å². The normalized spacial score (nSPS) is 13.5. The van der Waals surface area contributed by atoms with Crippen molar-refractivity contribution >= 4 is 66.9 Å². The second-order valence-electron chi connectivity index (χ2n) is 24.1. The largest absolute Gasteiger partial charge is 0.507 e. The van der Waals surface area contributed by atoms with E-state index in [4.69, 9.17) is 0 Å². The highest BCUT2D eigenvalue weighted by Gasteiger charge is 2.36. The van der Waals surface area contributed by atoms with Crippen molar-refractivity contribution in [2.75, 3.05) is 0 Å². The van der Waals surface area contributed by atoms with Crippen molar-refractivity contribution in [2.24, 2.45) is 0 Å². The molecule has 0 unspecified atom stereocenters. The van der Waals surface area contributed by atoms with Gasteiger partial charge in [-0.15, -0.1) is 0 Å². The first kappa shape index (κ1) is 48.6. The predicted molar refractivity (Wildman–Crippen MR) is 269 cm³/mol. The van der Waals surface area contributed by atoms with Crippen LogP contribution in [0.1, 0.15) is 128 Å². The van der Waals surface area contributed by atoms with Gasteiger partial charge in [-0.3, -0.25) is 0 Å². The van der Waals surface area contributed by atoms with Gasteiger partial charge in [0.05, 0.1) is 28.7 Å². The van der Waals surface area contributed by atoms with Crippen molar-refractivity contribution in [1.82, 2.24) is 0 Å². The Kier molecular flexibility index (Phi) is 12.9. The Morgan fingerprint density at radius 1 is 0.356 bits per heavy atom. The van der Waals surface area contributed by atoms with Gasteiger partial charge in [-0.25, -0.2) is 0 Å². The van der Waals surface area contributed by atoms with E-state index in [1.165, 1.54) is 0 Å². The van der Waals surface area contributed by atoms with E-state index in [2.05, 4.69) is 194 Å². The van der Waals surface area contributed by atoms with E-state index in [-0.39, 0.29) is 44.7 Å². The molecular formula is C51H75BrO4Si3. The summed E-state index contributed by atoms with van der Waals surface area (Å²) in [6.07, 6.45) is 0. The number of hydrogen-bond donors (Lipinski definition) is 4. The molecule has 0 aromatic heterocycles. The molecule has 0 saturated heterocycles. The molecule has 59 heavy (non-hydrogen) atoms. The van der Waals surface area contributed by atoms with Gasteiger partial charge in [0.2, 0.25) is 0 Å². The molecule has 0 aliphatic rings. The number of rotatable bonds is 7. The van der Waals surface area contributed by atoms with Gasteiger partial charge in [0.15, 0.2) is 0 Å². The van der Waals surface area contributed by atoms with Crippen molar-refractivity contribution in [3.8, 4) is 23.0 Å². The van der Waals surface area contributed by atoms with Gasteiger partial charge >= 0.3 is 0 Å². The third-order valence-corrected chi connectivity index (χ3v) is 18.2. The van der Waals surface area contributed by atoms with E-state index in [1.54, 1.807) is 0 Å². The fourth-order valence-electron chi connectivity index (χ4n) is 7.54. The van der Waals surface area contributed by atoms with Crippen LogP contribution < -0.4 is 15.6 Å². The average molecular weight is 916 g/mol. The van der Waals surface area contributed by atoms with Crippen LogP contribution in [-0.2, 0) is 21.7 Å². The molecule has 0 aliphatic heterocycles. The molecule has 0 atom stereocenters. The maximum absolute atomic E-state index is 13.0. The smallest absolute Gasteiger partial charge is 0.137 e. The molecule has 0 radical (unpaired) electrons. The second-order valence-corrected chi connectivity index (χ2v) is 40.1. The maximum atomic E-state index is 13.0. The fraction of sp³-hybridized carbons (Fsp3) is 0.490. The molecule has 0 aliphatic carbocycles. The molecule has 0 heterocycles. The number of phenols is 4. The molecular weight excluding hydrogens is 841 g/mol. The van der Waals surface area contributed by atoms with Crippen LogP contribution in [0, 0.1) is 0 Å². The molecule has 0 fully saturated rings. The van der Waals surface area contributed by atoms with Crippen LogP contribution in [0.3, 0.4) is 0 Å². The first-order chi connectivity index (χ1) is 26.3. The number of halogens is 1. The number of benzene rings is 4. The Morgan fingerprint density at radius 3 is 0.763 bits per heavy atom. The van der Waals surface area contributed by atoms with Crippen LogP contribution in [0.2, 0.25) is 58.9 Å². The van der Waals surface area contributed by atoms with Crippen LogP contribution in [0.15, 0.2) is 53.0 Å². The highest BCUT2D eigenvalue weighted by Crippen LogP contribution is 2.50. The minimum absolute atomic E-state index is 0.0226. The summed E-state index contributed by atoms with van der Waals surface area (Å²) in [5.41, 5.74) is 6.29. The highest BCUT2D eigenvalue weighted by atomic mass is 79.9. The van der Waals surface area contributed by atoms with Crippen molar-refractivity contribution in [2.45, 2.75) is 164 Å². The van der Waals surface area contributed by atoms with Crippen LogP contribution in [-0.4, -0.2) is 44.6 Å². The molecule has 0 spiro atoms. The Labute approximate surface area is 369 Å². The minimum Gasteiger partial charge on any atom is -0.507 e. The first-order valence-electron chi connectivity index (χ1n) is 21.2. The summed E-state index contributed by atoms with van der Waals surface area (Å²) >= 11 is 3.77. The quantitative estimate of drug-likeness (QED) is 0.110. The van der Waals surface area contributed by atoms with Gasteiger partial charge in [-0.2, -0.15) is 0 Å². The molecule has 4 aromatic carbocycles. The summed E-state index contributed by atoms with van der Waals surface area (Å²) in [6.45, 7) is 46.4. The SMILES string of the molecule is CC(C)(C)c1cc(Br)c(O)c(C(=C(c2cc(C(C)(C)C)cc([Si](C)(C)C)c2O)c2cc(C(C)(C)C)cc([Si](C)(C)C)c2O)c2cc(C(C)(C)C)cc([Si](C)(C)C)c2O)c1. The van der Waals surface area contributed by atoms with Crippen molar-refractivity contribution in [1.29, 1.82) is 0 Å². The van der Waals surface area contributed by atoms with Crippen molar-refractivity contribution in [3.63, 3.8) is 0 Å². The lowest BCUT2D eigenvalue weighted by molar-refractivity contribution is 0.467. The lowest BCUT2D eigenvalue weighted by atomic mass is 9.77. The summed E-state index contributed by atoms with van der Waals surface area (Å²) in [5, 5.41) is 54.2. The van der Waals surface area contributed by atoms with Crippen LogP contribution in [0.4, 0.5) is 0 Å². The van der Waals surface area contributed by atoms with Crippen LogP contribution in [0.5, 0.6) is 23.0 Å². The molecule has 4 rings (SSSR count). The van der Waals surface area contributed by atoms with Crippen molar-refractivity contribution < 1.29 is 20.4 Å². The maximum Gasteiger partial charge on any atom is 0.137 e. The molecule has 0 saturated carbocycles. The first-order valence-corrected chi connectivity index (χ1v) is 32.5.